The molecule has 1 atom stereocenters. The summed E-state index contributed by atoms with van der Waals surface area (Å²) in [5.74, 6) is 0.412. The third-order valence-electron chi connectivity index (χ3n) is 3.97. The molecular formula is C20H20N4O2. The van der Waals surface area contributed by atoms with Gasteiger partial charge in [-0.2, -0.15) is 5.10 Å². The van der Waals surface area contributed by atoms with Crippen molar-refractivity contribution in [3.8, 4) is 11.4 Å². The Bertz CT molecular complexity index is 901. The van der Waals surface area contributed by atoms with Crippen LogP contribution in [-0.2, 0) is 7.05 Å². The van der Waals surface area contributed by atoms with Crippen LogP contribution in [0.1, 0.15) is 34.1 Å². The van der Waals surface area contributed by atoms with E-state index in [4.69, 9.17) is 0 Å². The molecular weight excluding hydrogens is 328 g/mol. The van der Waals surface area contributed by atoms with Gasteiger partial charge in [-0.3, -0.25) is 14.3 Å². The zero-order chi connectivity index (χ0) is 18.5. The number of hydrogen-bond acceptors (Lipinski definition) is 4. The van der Waals surface area contributed by atoms with Crippen LogP contribution in [-0.4, -0.2) is 32.5 Å². The van der Waals surface area contributed by atoms with E-state index < -0.39 is 0 Å². The second-order valence-corrected chi connectivity index (χ2v) is 6.19. The maximum atomic E-state index is 12.4. The molecule has 6 nitrogen and oxygen atoms in total. The summed E-state index contributed by atoms with van der Waals surface area (Å²) >= 11 is 0. The lowest BCUT2D eigenvalue weighted by molar-refractivity contribution is 0.0918. The fraction of sp³-hybridized carbons (Fsp3) is 0.200. The number of carbonyl (C=O) groups is 2. The second-order valence-electron chi connectivity index (χ2n) is 6.19. The van der Waals surface area contributed by atoms with Crippen molar-refractivity contribution in [2.45, 2.75) is 19.4 Å². The number of benzene rings is 2. The van der Waals surface area contributed by atoms with Crippen molar-refractivity contribution in [3.63, 3.8) is 0 Å². The lowest BCUT2D eigenvalue weighted by Gasteiger charge is -2.13. The largest absolute Gasteiger partial charge is 0.349 e. The van der Waals surface area contributed by atoms with Gasteiger partial charge < -0.3 is 5.32 Å². The Morgan fingerprint density at radius 1 is 1.04 bits per heavy atom. The molecule has 0 saturated heterocycles. The van der Waals surface area contributed by atoms with Crippen LogP contribution in [0.15, 0.2) is 60.9 Å². The van der Waals surface area contributed by atoms with Gasteiger partial charge in [0.2, 0.25) is 0 Å². The fourth-order valence-electron chi connectivity index (χ4n) is 2.62. The quantitative estimate of drug-likeness (QED) is 0.695. The molecule has 0 aliphatic rings. The Balaban J connectivity index is 1.59. The molecule has 3 aromatic rings. The number of Topliss-reactive ketones (excluding diaryl/α,β-unsaturated/α-hetero) is 1. The molecule has 0 saturated carbocycles. The Hall–Kier alpha value is -3.28. The van der Waals surface area contributed by atoms with E-state index in [0.717, 1.165) is 5.56 Å². The normalized spacial score (nSPS) is 11.8. The molecule has 1 heterocycles. The Morgan fingerprint density at radius 2 is 1.73 bits per heavy atom. The van der Waals surface area contributed by atoms with Crippen molar-refractivity contribution < 1.29 is 9.59 Å². The first-order valence-electron chi connectivity index (χ1n) is 8.38. The minimum Gasteiger partial charge on any atom is -0.349 e. The summed E-state index contributed by atoms with van der Waals surface area (Å²) in [4.78, 5) is 28.8. The summed E-state index contributed by atoms with van der Waals surface area (Å²) in [7, 11) is 1.80. The monoisotopic (exact) mass is 348 g/mol. The number of aryl methyl sites for hydroxylation is 1. The molecule has 132 valence electrons. The van der Waals surface area contributed by atoms with Gasteiger partial charge in [-0.1, -0.05) is 42.5 Å². The summed E-state index contributed by atoms with van der Waals surface area (Å²) in [6.45, 7) is 1.82. The van der Waals surface area contributed by atoms with Crippen LogP contribution < -0.4 is 5.32 Å². The highest BCUT2D eigenvalue weighted by Crippen LogP contribution is 2.15. The maximum Gasteiger partial charge on any atom is 0.251 e. The third kappa shape index (κ3) is 4.22. The minimum absolute atomic E-state index is 0.00924. The van der Waals surface area contributed by atoms with Gasteiger partial charge in [0.05, 0.1) is 0 Å². The smallest absolute Gasteiger partial charge is 0.251 e. The second kappa shape index (κ2) is 7.74. The lowest BCUT2D eigenvalue weighted by atomic mass is 10.0. The molecule has 3 rings (SSSR count). The molecule has 1 amide bonds. The Morgan fingerprint density at radius 3 is 2.35 bits per heavy atom. The fourth-order valence-corrected chi connectivity index (χ4v) is 2.62. The molecule has 0 aliphatic heterocycles. The van der Waals surface area contributed by atoms with Gasteiger partial charge in [0.25, 0.3) is 5.91 Å². The van der Waals surface area contributed by atoms with Crippen LogP contribution >= 0.6 is 0 Å². The van der Waals surface area contributed by atoms with Crippen LogP contribution in [0, 0.1) is 0 Å². The summed E-state index contributed by atoms with van der Waals surface area (Å²) in [6, 6.07) is 15.9. The summed E-state index contributed by atoms with van der Waals surface area (Å²) < 4.78 is 1.63. The Labute approximate surface area is 151 Å². The molecule has 1 N–H and O–H groups in total. The van der Waals surface area contributed by atoms with Gasteiger partial charge in [-0.15, -0.1) is 0 Å². The van der Waals surface area contributed by atoms with Gasteiger partial charge in [0.15, 0.2) is 11.6 Å². The van der Waals surface area contributed by atoms with E-state index >= 15 is 0 Å². The van der Waals surface area contributed by atoms with E-state index in [1.807, 2.05) is 37.3 Å². The molecule has 0 bridgehead atoms. The van der Waals surface area contributed by atoms with E-state index in [0.29, 0.717) is 17.0 Å². The average Bonchev–Trinajstić information content (AvgIpc) is 3.09. The first-order chi connectivity index (χ1) is 12.5. The van der Waals surface area contributed by atoms with E-state index in [1.165, 1.54) is 0 Å². The van der Waals surface area contributed by atoms with E-state index in [9.17, 15) is 9.59 Å². The number of ketones is 1. The molecule has 0 spiro atoms. The van der Waals surface area contributed by atoms with E-state index in [1.54, 1.807) is 42.3 Å². The molecule has 0 radical (unpaired) electrons. The van der Waals surface area contributed by atoms with Crippen molar-refractivity contribution in [2.75, 3.05) is 0 Å². The number of nitrogens with one attached hydrogen (secondary N) is 1. The zero-order valence-corrected chi connectivity index (χ0v) is 14.7. The van der Waals surface area contributed by atoms with Gasteiger partial charge >= 0.3 is 0 Å². The Kier molecular flexibility index (Phi) is 5.22. The van der Waals surface area contributed by atoms with Crippen molar-refractivity contribution in [3.05, 3.63) is 72.1 Å². The molecule has 1 aromatic heterocycles. The number of carbonyl (C=O) groups excluding carboxylic acids is 2. The highest BCUT2D eigenvalue weighted by atomic mass is 16.2. The highest BCUT2D eigenvalue weighted by Gasteiger charge is 2.15. The lowest BCUT2D eigenvalue weighted by Crippen LogP contribution is -2.34. The predicted molar refractivity (Wildman–Crippen MR) is 98.8 cm³/mol. The van der Waals surface area contributed by atoms with Crippen LogP contribution in [0.25, 0.3) is 11.4 Å². The van der Waals surface area contributed by atoms with Gasteiger partial charge in [0, 0.05) is 36.2 Å². The van der Waals surface area contributed by atoms with E-state index in [-0.39, 0.29) is 24.2 Å². The van der Waals surface area contributed by atoms with Crippen molar-refractivity contribution >= 4 is 11.7 Å². The maximum absolute atomic E-state index is 12.4. The topological polar surface area (TPSA) is 76.9 Å². The minimum atomic E-state index is -0.257. The zero-order valence-electron chi connectivity index (χ0n) is 14.7. The molecule has 26 heavy (non-hydrogen) atoms. The third-order valence-corrected chi connectivity index (χ3v) is 3.97. The summed E-state index contributed by atoms with van der Waals surface area (Å²) in [5, 5.41) is 7.10. The molecule has 0 unspecified atom stereocenters. The summed E-state index contributed by atoms with van der Waals surface area (Å²) in [6.07, 6.45) is 1.88. The van der Waals surface area contributed by atoms with Crippen LogP contribution in [0.5, 0.6) is 0 Å². The van der Waals surface area contributed by atoms with Crippen LogP contribution in [0.4, 0.5) is 0 Å². The first-order valence-corrected chi connectivity index (χ1v) is 8.38. The van der Waals surface area contributed by atoms with Gasteiger partial charge in [-0.05, 0) is 19.1 Å². The first kappa shape index (κ1) is 17.5. The van der Waals surface area contributed by atoms with Crippen LogP contribution in [0.3, 0.4) is 0 Å². The SMILES string of the molecule is C[C@@H](CC(=O)c1ccccc1)NC(=O)c1ccc(-c2ncn(C)n2)cc1. The molecule has 2 aromatic carbocycles. The van der Waals surface area contributed by atoms with Crippen molar-refractivity contribution in [2.24, 2.45) is 7.05 Å². The van der Waals surface area contributed by atoms with Gasteiger partial charge in [-0.25, -0.2) is 4.98 Å². The summed E-state index contributed by atoms with van der Waals surface area (Å²) in [5.41, 5.74) is 2.03. The average molecular weight is 348 g/mol. The standard InChI is InChI=1S/C20H20N4O2/c1-14(12-18(25)15-6-4-3-5-7-15)22-20(26)17-10-8-16(9-11-17)19-21-13-24(2)23-19/h3-11,13-14H,12H2,1-2H3,(H,22,26)/t14-/m0/s1. The van der Waals surface area contributed by atoms with Crippen LogP contribution in [0.2, 0.25) is 0 Å². The molecule has 0 aliphatic carbocycles. The number of hydrogen-bond donors (Lipinski definition) is 1. The number of amides is 1. The van der Waals surface area contributed by atoms with Gasteiger partial charge in [0.1, 0.15) is 6.33 Å². The predicted octanol–water partition coefficient (Wildman–Crippen LogP) is 2.87. The number of aromatic nitrogens is 3. The highest BCUT2D eigenvalue weighted by molar-refractivity contribution is 5.98. The van der Waals surface area contributed by atoms with Crippen molar-refractivity contribution in [1.82, 2.24) is 20.1 Å². The van der Waals surface area contributed by atoms with E-state index in [2.05, 4.69) is 15.4 Å². The van der Waals surface area contributed by atoms with Crippen molar-refractivity contribution in [1.29, 1.82) is 0 Å². The molecule has 0 fully saturated rings. The molecule has 6 heteroatoms. The number of rotatable bonds is 6. The number of nitrogens with zero attached hydrogens (tertiary/aromatic N) is 3.